The van der Waals surface area contributed by atoms with Crippen molar-refractivity contribution < 1.29 is 0 Å². The van der Waals surface area contributed by atoms with E-state index in [0.717, 1.165) is 27.9 Å². The van der Waals surface area contributed by atoms with Crippen molar-refractivity contribution in [3.05, 3.63) is 48.7 Å². The molecular formula is C12H11NS. The zero-order valence-electron chi connectivity index (χ0n) is 7.77. The summed E-state index contributed by atoms with van der Waals surface area (Å²) >= 11 is 4.40. The lowest BCUT2D eigenvalue weighted by molar-refractivity contribution is 1.08. The van der Waals surface area contributed by atoms with Gasteiger partial charge in [-0.2, -0.15) is 0 Å². The number of allylic oxidation sites excluding steroid dienone is 1. The first-order valence-corrected chi connectivity index (χ1v) is 4.94. The Hall–Kier alpha value is -1.28. The lowest BCUT2D eigenvalue weighted by atomic mass is 10.2. The number of benzene rings is 1. The van der Waals surface area contributed by atoms with Crippen LogP contribution in [0.4, 0.5) is 0 Å². The highest BCUT2D eigenvalue weighted by atomic mass is 32.1. The van der Waals surface area contributed by atoms with Crippen molar-refractivity contribution in [1.82, 2.24) is 4.98 Å². The van der Waals surface area contributed by atoms with Crippen molar-refractivity contribution >= 4 is 23.5 Å². The number of nitrogens with zero attached hydrogens (tertiary/aromatic N) is 1. The summed E-state index contributed by atoms with van der Waals surface area (Å²) in [6, 6.07) is 10.1. The van der Waals surface area contributed by atoms with Gasteiger partial charge in [-0.05, 0) is 12.1 Å². The Bertz CT molecular complexity index is 477. The molecule has 2 aromatic rings. The highest BCUT2D eigenvalue weighted by molar-refractivity contribution is 7.80. The Morgan fingerprint density at radius 1 is 1.36 bits per heavy atom. The van der Waals surface area contributed by atoms with E-state index in [9.17, 15) is 0 Å². The van der Waals surface area contributed by atoms with Gasteiger partial charge in [-0.3, -0.25) is 4.98 Å². The van der Waals surface area contributed by atoms with E-state index in [-0.39, 0.29) is 0 Å². The number of hydrogen-bond donors (Lipinski definition) is 1. The Morgan fingerprint density at radius 2 is 2.14 bits per heavy atom. The molecule has 0 aliphatic carbocycles. The van der Waals surface area contributed by atoms with Crippen LogP contribution in [-0.2, 0) is 6.42 Å². The largest absolute Gasteiger partial charge is 0.251 e. The summed E-state index contributed by atoms with van der Waals surface area (Å²) in [5.74, 6) is 0. The maximum atomic E-state index is 4.52. The Kier molecular flexibility index (Phi) is 2.55. The number of aromatic nitrogens is 1. The molecule has 0 N–H and O–H groups in total. The molecule has 0 bridgehead atoms. The second-order valence-corrected chi connectivity index (χ2v) is 3.62. The molecule has 1 nitrogen and oxygen atoms in total. The molecule has 0 saturated carbocycles. The van der Waals surface area contributed by atoms with Crippen molar-refractivity contribution in [3.63, 3.8) is 0 Å². The van der Waals surface area contributed by atoms with Crippen LogP contribution >= 0.6 is 12.6 Å². The first kappa shape index (κ1) is 9.28. The van der Waals surface area contributed by atoms with E-state index in [1.54, 1.807) is 0 Å². The highest BCUT2D eigenvalue weighted by Crippen LogP contribution is 2.19. The van der Waals surface area contributed by atoms with Crippen LogP contribution in [0.5, 0.6) is 0 Å². The molecule has 0 fully saturated rings. The minimum absolute atomic E-state index is 0.768. The number of thiol groups is 1. The second kappa shape index (κ2) is 3.84. The average Bonchev–Trinajstić information content (AvgIpc) is 2.19. The molecule has 0 aliphatic rings. The maximum absolute atomic E-state index is 4.52. The normalized spacial score (nSPS) is 10.4. The van der Waals surface area contributed by atoms with E-state index >= 15 is 0 Å². The van der Waals surface area contributed by atoms with Gasteiger partial charge >= 0.3 is 0 Å². The van der Waals surface area contributed by atoms with Gasteiger partial charge in [0.2, 0.25) is 0 Å². The maximum Gasteiger partial charge on any atom is 0.0706 e. The van der Waals surface area contributed by atoms with Gasteiger partial charge in [0.15, 0.2) is 0 Å². The summed E-state index contributed by atoms with van der Waals surface area (Å²) in [6.07, 6.45) is 2.61. The zero-order chi connectivity index (χ0) is 9.97. The molecular weight excluding hydrogens is 190 g/mol. The Balaban J connectivity index is 2.64. The fraction of sp³-hybridized carbons (Fsp3) is 0.0833. The van der Waals surface area contributed by atoms with Crippen LogP contribution < -0.4 is 0 Å². The molecule has 0 amide bonds. The lowest BCUT2D eigenvalue weighted by Crippen LogP contribution is -1.90. The molecule has 0 unspecified atom stereocenters. The van der Waals surface area contributed by atoms with E-state index < -0.39 is 0 Å². The molecule has 2 heteroatoms. The molecule has 1 aromatic heterocycles. The second-order valence-electron chi connectivity index (χ2n) is 3.14. The molecule has 14 heavy (non-hydrogen) atoms. The first-order chi connectivity index (χ1) is 6.81. The van der Waals surface area contributed by atoms with Crippen molar-refractivity contribution in [1.29, 1.82) is 0 Å². The van der Waals surface area contributed by atoms with Gasteiger partial charge in [-0.1, -0.05) is 24.3 Å². The Labute approximate surface area is 88.9 Å². The summed E-state index contributed by atoms with van der Waals surface area (Å²) in [4.78, 5) is 5.45. The third kappa shape index (κ3) is 1.66. The van der Waals surface area contributed by atoms with Gasteiger partial charge in [-0.25, -0.2) is 0 Å². The van der Waals surface area contributed by atoms with Gasteiger partial charge in [0.1, 0.15) is 0 Å². The molecule has 1 aromatic carbocycles. The fourth-order valence-corrected chi connectivity index (χ4v) is 1.71. The monoisotopic (exact) mass is 201 g/mol. The molecule has 0 radical (unpaired) electrons. The molecule has 70 valence electrons. The van der Waals surface area contributed by atoms with Gasteiger partial charge < -0.3 is 0 Å². The highest BCUT2D eigenvalue weighted by Gasteiger charge is 2.01. The number of fused-ring (bicyclic) bond motifs is 1. The molecule has 1 heterocycles. The standard InChI is InChI=1S/C12H11NS/c1-2-5-11-12(14)8-9-6-3-4-7-10(9)13-11/h2-4,6-8,14H,1,5H2. The van der Waals surface area contributed by atoms with E-state index in [2.05, 4.69) is 24.2 Å². The third-order valence-electron chi connectivity index (χ3n) is 2.12. The van der Waals surface area contributed by atoms with Gasteiger partial charge in [0.05, 0.1) is 11.2 Å². The van der Waals surface area contributed by atoms with Gasteiger partial charge in [-0.15, -0.1) is 19.2 Å². The van der Waals surface area contributed by atoms with Gasteiger partial charge in [0.25, 0.3) is 0 Å². The van der Waals surface area contributed by atoms with Crippen molar-refractivity contribution in [3.8, 4) is 0 Å². The van der Waals surface area contributed by atoms with E-state index in [1.807, 2.05) is 36.4 Å². The van der Waals surface area contributed by atoms with Crippen LogP contribution in [0.15, 0.2) is 47.9 Å². The van der Waals surface area contributed by atoms with Crippen LogP contribution in [0.25, 0.3) is 10.9 Å². The minimum Gasteiger partial charge on any atom is -0.251 e. The lowest BCUT2D eigenvalue weighted by Gasteiger charge is -2.03. The molecule has 0 spiro atoms. The third-order valence-corrected chi connectivity index (χ3v) is 2.50. The van der Waals surface area contributed by atoms with E-state index in [0.29, 0.717) is 0 Å². The molecule has 0 atom stereocenters. The molecule has 2 rings (SSSR count). The zero-order valence-corrected chi connectivity index (χ0v) is 8.67. The quantitative estimate of drug-likeness (QED) is 0.581. The smallest absolute Gasteiger partial charge is 0.0706 e. The van der Waals surface area contributed by atoms with Crippen LogP contribution in [0, 0.1) is 0 Å². The van der Waals surface area contributed by atoms with Crippen LogP contribution in [0.1, 0.15) is 5.69 Å². The van der Waals surface area contributed by atoms with Crippen molar-refractivity contribution in [2.45, 2.75) is 11.3 Å². The topological polar surface area (TPSA) is 12.9 Å². The number of pyridine rings is 1. The number of para-hydroxylation sites is 1. The van der Waals surface area contributed by atoms with Crippen LogP contribution in [-0.4, -0.2) is 4.98 Å². The molecule has 0 aliphatic heterocycles. The summed E-state index contributed by atoms with van der Waals surface area (Å²) in [7, 11) is 0. The summed E-state index contributed by atoms with van der Waals surface area (Å²) in [5.41, 5.74) is 2.00. The minimum atomic E-state index is 0.768. The SMILES string of the molecule is C=CCc1nc2ccccc2cc1S. The van der Waals surface area contributed by atoms with E-state index in [4.69, 9.17) is 0 Å². The fourth-order valence-electron chi connectivity index (χ4n) is 1.43. The van der Waals surface area contributed by atoms with Crippen LogP contribution in [0.3, 0.4) is 0 Å². The first-order valence-electron chi connectivity index (χ1n) is 4.50. The summed E-state index contributed by atoms with van der Waals surface area (Å²) in [5, 5.41) is 1.13. The summed E-state index contributed by atoms with van der Waals surface area (Å²) in [6.45, 7) is 3.70. The summed E-state index contributed by atoms with van der Waals surface area (Å²) < 4.78 is 0. The predicted octanol–water partition coefficient (Wildman–Crippen LogP) is 3.25. The van der Waals surface area contributed by atoms with Crippen molar-refractivity contribution in [2.24, 2.45) is 0 Å². The molecule has 0 saturated heterocycles. The van der Waals surface area contributed by atoms with E-state index in [1.165, 1.54) is 0 Å². The van der Waals surface area contributed by atoms with Crippen molar-refractivity contribution in [2.75, 3.05) is 0 Å². The van der Waals surface area contributed by atoms with Gasteiger partial charge in [0, 0.05) is 16.7 Å². The van der Waals surface area contributed by atoms with Crippen LogP contribution in [0.2, 0.25) is 0 Å². The Morgan fingerprint density at radius 3 is 2.93 bits per heavy atom. The predicted molar refractivity (Wildman–Crippen MR) is 62.9 cm³/mol. The number of rotatable bonds is 2. The number of hydrogen-bond acceptors (Lipinski definition) is 2. The average molecular weight is 201 g/mol.